The number of ether oxygens (including phenoxy) is 2. The van der Waals surface area contributed by atoms with Crippen LogP contribution in [-0.4, -0.2) is 13.2 Å². The van der Waals surface area contributed by atoms with Crippen LogP contribution in [0.25, 0.3) is 0 Å². The molecule has 168 valence electrons. The summed E-state index contributed by atoms with van der Waals surface area (Å²) in [5.74, 6) is 1.02. The first kappa shape index (κ1) is 26.7. The van der Waals surface area contributed by atoms with Gasteiger partial charge in [-0.05, 0) is 59.6 Å². The highest BCUT2D eigenvalue weighted by Crippen LogP contribution is 2.37. The van der Waals surface area contributed by atoms with Gasteiger partial charge in [0.25, 0.3) is 0 Å². The third kappa shape index (κ3) is 9.23. The van der Waals surface area contributed by atoms with Gasteiger partial charge in [0.1, 0.15) is 12.4 Å². The fourth-order valence-corrected chi connectivity index (χ4v) is 3.76. The largest absolute Gasteiger partial charge is 0.490 e. The summed E-state index contributed by atoms with van der Waals surface area (Å²) in [5, 5.41) is 3.51. The lowest BCUT2D eigenvalue weighted by Gasteiger charge is -2.16. The fraction of sp³-hybridized carbons (Fsp3) is 0.500. The maximum Gasteiger partial charge on any atom is 0.175 e. The van der Waals surface area contributed by atoms with Crippen molar-refractivity contribution in [3.8, 4) is 11.5 Å². The van der Waals surface area contributed by atoms with Gasteiger partial charge < -0.3 is 14.8 Å². The van der Waals surface area contributed by atoms with Gasteiger partial charge in [0, 0.05) is 12.1 Å². The zero-order chi connectivity index (χ0) is 20.9. The van der Waals surface area contributed by atoms with E-state index in [0.29, 0.717) is 23.7 Å². The highest BCUT2D eigenvalue weighted by Gasteiger charge is 2.13. The van der Waals surface area contributed by atoms with Crippen molar-refractivity contribution in [2.75, 3.05) is 13.2 Å². The molecule has 0 fully saturated rings. The summed E-state index contributed by atoms with van der Waals surface area (Å²) in [5.41, 5.74) is 1.65. The first-order valence-electron chi connectivity index (χ1n) is 10.7. The van der Waals surface area contributed by atoms with Crippen LogP contribution in [0.2, 0.25) is 0 Å². The second kappa shape index (κ2) is 15.5. The predicted octanol–water partition coefficient (Wildman–Crippen LogP) is 7.44. The average Bonchev–Trinajstić information content (AvgIpc) is 2.71. The Morgan fingerprint density at radius 2 is 1.70 bits per heavy atom. The molecular weight excluding hydrogens is 469 g/mol. The van der Waals surface area contributed by atoms with E-state index in [-0.39, 0.29) is 24.8 Å². The van der Waals surface area contributed by atoms with Crippen molar-refractivity contribution >= 4 is 28.3 Å². The fourth-order valence-electron chi connectivity index (χ4n) is 3.15. The molecule has 0 heterocycles. The normalized spacial score (nSPS) is 10.5. The molecule has 3 nitrogen and oxygen atoms in total. The van der Waals surface area contributed by atoms with Gasteiger partial charge >= 0.3 is 0 Å². The van der Waals surface area contributed by atoms with Crippen LogP contribution in [-0.2, 0) is 13.2 Å². The van der Waals surface area contributed by atoms with Crippen molar-refractivity contribution in [2.24, 2.45) is 0 Å². The number of benzene rings is 2. The summed E-state index contributed by atoms with van der Waals surface area (Å²) in [7, 11) is 0. The van der Waals surface area contributed by atoms with E-state index >= 15 is 0 Å². The zero-order valence-corrected chi connectivity index (χ0v) is 20.4. The average molecular weight is 503 g/mol. The molecule has 30 heavy (non-hydrogen) atoms. The van der Waals surface area contributed by atoms with Gasteiger partial charge in [-0.2, -0.15) is 0 Å². The van der Waals surface area contributed by atoms with Gasteiger partial charge in [0.15, 0.2) is 11.5 Å². The third-order valence-electron chi connectivity index (χ3n) is 4.74. The molecule has 0 aromatic heterocycles. The Kier molecular flexibility index (Phi) is 13.8. The summed E-state index contributed by atoms with van der Waals surface area (Å²) < 4.78 is 26.4. The minimum Gasteiger partial charge on any atom is -0.490 e. The molecule has 0 saturated carbocycles. The van der Waals surface area contributed by atoms with Crippen LogP contribution >= 0.6 is 28.3 Å². The highest BCUT2D eigenvalue weighted by atomic mass is 79.9. The van der Waals surface area contributed by atoms with E-state index in [4.69, 9.17) is 9.47 Å². The van der Waals surface area contributed by atoms with Gasteiger partial charge in [-0.15, -0.1) is 12.4 Å². The monoisotopic (exact) mass is 501 g/mol. The second-order valence-electron chi connectivity index (χ2n) is 7.16. The molecule has 2 rings (SSSR count). The van der Waals surface area contributed by atoms with Gasteiger partial charge in [-0.1, -0.05) is 57.2 Å². The number of nitrogens with one attached hydrogen (secondary N) is 1. The lowest BCUT2D eigenvalue weighted by molar-refractivity contribution is 0.264. The number of hydrogen-bond acceptors (Lipinski definition) is 3. The molecule has 0 aliphatic heterocycles. The van der Waals surface area contributed by atoms with Crippen molar-refractivity contribution in [3.63, 3.8) is 0 Å². The standard InChI is InChI=1S/C24H33BrFNO2.ClH/c1-3-5-6-7-8-11-14-27-17-19-15-21(25)24(23(16-19)28-4-2)29-18-20-12-9-10-13-22(20)26;/h9-10,12-13,15-16,27H,3-8,11,14,17-18H2,1-2H3;1H. The lowest BCUT2D eigenvalue weighted by atomic mass is 10.1. The Hall–Kier alpha value is -1.30. The van der Waals surface area contributed by atoms with Gasteiger partial charge in [-0.25, -0.2) is 4.39 Å². The van der Waals surface area contributed by atoms with E-state index in [9.17, 15) is 4.39 Å². The van der Waals surface area contributed by atoms with Crippen LogP contribution in [0, 0.1) is 5.82 Å². The first-order chi connectivity index (χ1) is 14.2. The van der Waals surface area contributed by atoms with E-state index in [1.807, 2.05) is 19.1 Å². The SMILES string of the molecule is CCCCCCCCNCc1cc(Br)c(OCc2ccccc2F)c(OCC)c1.Cl. The Morgan fingerprint density at radius 3 is 2.43 bits per heavy atom. The molecule has 2 aromatic rings. The molecule has 2 aromatic carbocycles. The molecule has 6 heteroatoms. The highest BCUT2D eigenvalue weighted by molar-refractivity contribution is 9.10. The van der Waals surface area contributed by atoms with Crippen LogP contribution < -0.4 is 14.8 Å². The third-order valence-corrected chi connectivity index (χ3v) is 5.32. The molecule has 1 N–H and O–H groups in total. The Morgan fingerprint density at radius 1 is 0.967 bits per heavy atom. The van der Waals surface area contributed by atoms with E-state index in [1.165, 1.54) is 44.6 Å². The Bertz CT molecular complexity index is 745. The van der Waals surface area contributed by atoms with Crippen molar-refractivity contribution in [1.29, 1.82) is 0 Å². The number of hydrogen-bond donors (Lipinski definition) is 1. The summed E-state index contributed by atoms with van der Waals surface area (Å²) in [6.07, 6.45) is 7.78. The van der Waals surface area contributed by atoms with Crippen LogP contribution in [0.1, 0.15) is 63.5 Å². The second-order valence-corrected chi connectivity index (χ2v) is 8.02. The maximum absolute atomic E-state index is 13.9. The van der Waals surface area contributed by atoms with Crippen molar-refractivity contribution < 1.29 is 13.9 Å². The summed E-state index contributed by atoms with van der Waals surface area (Å²) in [4.78, 5) is 0. The zero-order valence-electron chi connectivity index (χ0n) is 18.0. The summed E-state index contributed by atoms with van der Waals surface area (Å²) >= 11 is 3.59. The van der Waals surface area contributed by atoms with E-state index in [2.05, 4.69) is 28.2 Å². The van der Waals surface area contributed by atoms with Crippen LogP contribution in [0.5, 0.6) is 11.5 Å². The minimum atomic E-state index is -0.267. The maximum atomic E-state index is 13.9. The molecule has 0 saturated heterocycles. The molecule has 0 spiro atoms. The molecule has 0 atom stereocenters. The molecule has 0 unspecified atom stereocenters. The Labute approximate surface area is 195 Å². The molecule has 0 radical (unpaired) electrons. The van der Waals surface area contributed by atoms with E-state index in [1.54, 1.807) is 18.2 Å². The topological polar surface area (TPSA) is 30.5 Å². The molecule has 0 aliphatic carbocycles. The van der Waals surface area contributed by atoms with Crippen molar-refractivity contribution in [3.05, 3.63) is 57.8 Å². The first-order valence-corrected chi connectivity index (χ1v) is 11.5. The molecule has 0 amide bonds. The molecule has 0 bridgehead atoms. The van der Waals surface area contributed by atoms with Crippen molar-refractivity contribution in [2.45, 2.75) is 65.5 Å². The Balaban J connectivity index is 0.00000450. The van der Waals surface area contributed by atoms with Crippen LogP contribution in [0.4, 0.5) is 4.39 Å². The minimum absolute atomic E-state index is 0. The predicted molar refractivity (Wildman–Crippen MR) is 128 cm³/mol. The number of halogens is 3. The van der Waals surface area contributed by atoms with Crippen LogP contribution in [0.3, 0.4) is 0 Å². The summed E-state index contributed by atoms with van der Waals surface area (Å²) in [6, 6.07) is 10.7. The van der Waals surface area contributed by atoms with E-state index < -0.39 is 0 Å². The van der Waals surface area contributed by atoms with Gasteiger partial charge in [-0.3, -0.25) is 0 Å². The lowest BCUT2D eigenvalue weighted by Crippen LogP contribution is -2.15. The molecular formula is C24H34BrClFNO2. The van der Waals surface area contributed by atoms with Crippen molar-refractivity contribution in [1.82, 2.24) is 5.32 Å². The quantitative estimate of drug-likeness (QED) is 0.272. The van der Waals surface area contributed by atoms with Gasteiger partial charge in [0.05, 0.1) is 11.1 Å². The van der Waals surface area contributed by atoms with E-state index in [0.717, 1.165) is 23.1 Å². The summed E-state index contributed by atoms with van der Waals surface area (Å²) in [6.45, 7) is 6.67. The van der Waals surface area contributed by atoms with Crippen LogP contribution in [0.15, 0.2) is 40.9 Å². The molecule has 0 aliphatic rings. The number of rotatable bonds is 14. The van der Waals surface area contributed by atoms with Gasteiger partial charge in [0.2, 0.25) is 0 Å². The number of unbranched alkanes of at least 4 members (excludes halogenated alkanes) is 5. The smallest absolute Gasteiger partial charge is 0.175 e.